The van der Waals surface area contributed by atoms with Crippen molar-refractivity contribution in [2.75, 3.05) is 13.1 Å². The van der Waals surface area contributed by atoms with Crippen LogP contribution in [0.25, 0.3) is 0 Å². The molecule has 2 aromatic carbocycles. The van der Waals surface area contributed by atoms with E-state index in [1.54, 1.807) is 18.2 Å². The quantitative estimate of drug-likeness (QED) is 0.600. The van der Waals surface area contributed by atoms with Crippen LogP contribution in [-0.4, -0.2) is 24.0 Å². The minimum atomic E-state index is -0.177. The topological polar surface area (TPSA) is 61.4 Å². The van der Waals surface area contributed by atoms with Gasteiger partial charge >= 0.3 is 0 Å². The van der Waals surface area contributed by atoms with Crippen LogP contribution in [0.5, 0.6) is 5.75 Å². The van der Waals surface area contributed by atoms with Crippen LogP contribution in [0, 0.1) is 6.92 Å². The molecule has 0 aromatic heterocycles. The molecule has 0 saturated carbocycles. The average molecular weight is 322 g/mol. The van der Waals surface area contributed by atoms with Crippen LogP contribution < -0.4 is 10.6 Å². The van der Waals surface area contributed by atoms with Crippen LogP contribution in [0.15, 0.2) is 60.3 Å². The van der Waals surface area contributed by atoms with Gasteiger partial charge in [-0.3, -0.25) is 4.79 Å². The van der Waals surface area contributed by atoms with Crippen molar-refractivity contribution in [3.63, 3.8) is 0 Å². The number of phenols is 1. The van der Waals surface area contributed by atoms with Crippen molar-refractivity contribution >= 4 is 5.78 Å². The second-order valence-electron chi connectivity index (χ2n) is 6.10. The molecule has 124 valence electrons. The van der Waals surface area contributed by atoms with Crippen molar-refractivity contribution in [2.24, 2.45) is 0 Å². The van der Waals surface area contributed by atoms with E-state index in [0.717, 1.165) is 24.4 Å². The maximum Gasteiger partial charge on any atom is 0.191 e. The summed E-state index contributed by atoms with van der Waals surface area (Å²) >= 11 is 0. The van der Waals surface area contributed by atoms with E-state index in [4.69, 9.17) is 0 Å². The zero-order valence-electron chi connectivity index (χ0n) is 13.8. The maximum absolute atomic E-state index is 12.5. The first-order chi connectivity index (χ1) is 11.6. The van der Waals surface area contributed by atoms with E-state index >= 15 is 0 Å². The van der Waals surface area contributed by atoms with Crippen LogP contribution in [0.4, 0.5) is 0 Å². The minimum Gasteiger partial charge on any atom is -0.507 e. The number of aromatic hydroxyl groups is 1. The van der Waals surface area contributed by atoms with Crippen LogP contribution in [0.1, 0.15) is 33.9 Å². The van der Waals surface area contributed by atoms with Gasteiger partial charge < -0.3 is 15.7 Å². The van der Waals surface area contributed by atoms with Crippen molar-refractivity contribution in [1.29, 1.82) is 0 Å². The van der Waals surface area contributed by atoms with Gasteiger partial charge in [0.25, 0.3) is 0 Å². The number of benzene rings is 2. The van der Waals surface area contributed by atoms with E-state index in [-0.39, 0.29) is 17.6 Å². The summed E-state index contributed by atoms with van der Waals surface area (Å²) in [7, 11) is 0. The van der Waals surface area contributed by atoms with Gasteiger partial charge in [-0.25, -0.2) is 0 Å². The highest BCUT2D eigenvalue weighted by Gasteiger charge is 2.18. The van der Waals surface area contributed by atoms with Crippen LogP contribution in [0.2, 0.25) is 0 Å². The number of ketones is 1. The Labute approximate surface area is 142 Å². The number of phenolic OH excluding ortho intramolecular Hbond substituents is 1. The Morgan fingerprint density at radius 1 is 1.17 bits per heavy atom. The number of aryl methyl sites for hydroxylation is 1. The van der Waals surface area contributed by atoms with Crippen LogP contribution in [0.3, 0.4) is 0 Å². The molecule has 1 heterocycles. The van der Waals surface area contributed by atoms with E-state index in [9.17, 15) is 9.90 Å². The van der Waals surface area contributed by atoms with E-state index in [0.29, 0.717) is 12.0 Å². The van der Waals surface area contributed by atoms with Crippen molar-refractivity contribution in [1.82, 2.24) is 10.6 Å². The largest absolute Gasteiger partial charge is 0.507 e. The number of nitrogens with one attached hydrogen (secondary N) is 2. The summed E-state index contributed by atoms with van der Waals surface area (Å²) in [5.74, 6) is -0.146. The highest BCUT2D eigenvalue weighted by molar-refractivity contribution is 6.06. The SMILES string of the molecule is Cc1ccc(C(=O)/C=C2\CC(c3ccccc3)NCCN2)c(O)c1. The third-order valence-corrected chi connectivity index (χ3v) is 4.22. The van der Waals surface area contributed by atoms with Gasteiger partial charge in [0.05, 0.1) is 5.56 Å². The highest BCUT2D eigenvalue weighted by Crippen LogP contribution is 2.23. The molecule has 4 heteroatoms. The molecule has 3 rings (SSSR count). The Bertz CT molecular complexity index is 753. The molecule has 1 aliphatic rings. The predicted octanol–water partition coefficient (Wildman–Crippen LogP) is 3.09. The first-order valence-corrected chi connectivity index (χ1v) is 8.20. The second-order valence-corrected chi connectivity index (χ2v) is 6.10. The molecule has 0 amide bonds. The summed E-state index contributed by atoms with van der Waals surface area (Å²) < 4.78 is 0. The number of allylic oxidation sites excluding steroid dienone is 1. The summed E-state index contributed by atoms with van der Waals surface area (Å²) in [4.78, 5) is 12.5. The molecular weight excluding hydrogens is 300 g/mol. The van der Waals surface area contributed by atoms with Gasteiger partial charge in [0.1, 0.15) is 5.75 Å². The van der Waals surface area contributed by atoms with Crippen molar-refractivity contribution in [3.05, 3.63) is 77.0 Å². The summed E-state index contributed by atoms with van der Waals surface area (Å²) in [6, 6.07) is 15.5. The molecule has 1 fully saturated rings. The normalized spacial score (nSPS) is 19.5. The summed E-state index contributed by atoms with van der Waals surface area (Å²) in [5.41, 5.74) is 3.36. The maximum atomic E-state index is 12.5. The Morgan fingerprint density at radius 3 is 2.71 bits per heavy atom. The zero-order chi connectivity index (χ0) is 16.9. The molecule has 0 bridgehead atoms. The third kappa shape index (κ3) is 3.84. The molecule has 24 heavy (non-hydrogen) atoms. The van der Waals surface area contributed by atoms with Crippen molar-refractivity contribution in [2.45, 2.75) is 19.4 Å². The smallest absolute Gasteiger partial charge is 0.191 e. The Kier molecular flexibility index (Phi) is 4.96. The lowest BCUT2D eigenvalue weighted by molar-refractivity contribution is 0.104. The second kappa shape index (κ2) is 7.32. The van der Waals surface area contributed by atoms with E-state index in [2.05, 4.69) is 22.8 Å². The van der Waals surface area contributed by atoms with E-state index < -0.39 is 0 Å². The molecule has 1 unspecified atom stereocenters. The molecule has 1 saturated heterocycles. The molecule has 0 spiro atoms. The van der Waals surface area contributed by atoms with Gasteiger partial charge in [-0.05, 0) is 30.2 Å². The van der Waals surface area contributed by atoms with Gasteiger partial charge in [-0.15, -0.1) is 0 Å². The standard InChI is InChI=1S/C20H22N2O2/c1-14-7-8-17(19(23)11-14)20(24)13-16-12-18(22-10-9-21-16)15-5-3-2-4-6-15/h2-8,11,13,18,21-23H,9-10,12H2,1H3/b16-13+. The number of hydrogen-bond acceptors (Lipinski definition) is 4. The Balaban J connectivity index is 1.81. The number of rotatable bonds is 3. The molecule has 0 radical (unpaired) electrons. The molecule has 2 aromatic rings. The minimum absolute atomic E-state index is 0.0307. The van der Waals surface area contributed by atoms with Gasteiger partial charge in [0.15, 0.2) is 5.78 Å². The first kappa shape index (κ1) is 16.3. The number of carbonyl (C=O) groups is 1. The summed E-state index contributed by atoms with van der Waals surface area (Å²) in [5, 5.41) is 16.8. The lowest BCUT2D eigenvalue weighted by Crippen LogP contribution is -2.23. The van der Waals surface area contributed by atoms with E-state index in [1.807, 2.05) is 31.2 Å². The summed E-state index contributed by atoms with van der Waals surface area (Å²) in [6.45, 7) is 3.48. The van der Waals surface area contributed by atoms with E-state index in [1.165, 1.54) is 5.56 Å². The zero-order valence-corrected chi connectivity index (χ0v) is 13.8. The first-order valence-electron chi connectivity index (χ1n) is 8.20. The number of carbonyl (C=O) groups excluding carboxylic acids is 1. The molecule has 0 aliphatic carbocycles. The van der Waals surface area contributed by atoms with Gasteiger partial charge in [0, 0.05) is 37.3 Å². The lowest BCUT2D eigenvalue weighted by atomic mass is 10.0. The van der Waals surface area contributed by atoms with Crippen LogP contribution >= 0.6 is 0 Å². The van der Waals surface area contributed by atoms with Gasteiger partial charge in [-0.1, -0.05) is 36.4 Å². The van der Waals surface area contributed by atoms with Crippen molar-refractivity contribution in [3.8, 4) is 5.75 Å². The lowest BCUT2D eigenvalue weighted by Gasteiger charge is -2.16. The fourth-order valence-electron chi connectivity index (χ4n) is 2.95. The fourth-order valence-corrected chi connectivity index (χ4v) is 2.95. The Hall–Kier alpha value is -2.59. The molecule has 4 nitrogen and oxygen atoms in total. The number of hydrogen-bond donors (Lipinski definition) is 3. The predicted molar refractivity (Wildman–Crippen MR) is 95.1 cm³/mol. The Morgan fingerprint density at radius 2 is 1.96 bits per heavy atom. The molecular formula is C20H22N2O2. The molecule has 1 aliphatic heterocycles. The fraction of sp³-hybridized carbons (Fsp3) is 0.250. The third-order valence-electron chi connectivity index (χ3n) is 4.22. The summed E-state index contributed by atoms with van der Waals surface area (Å²) in [6.07, 6.45) is 2.32. The van der Waals surface area contributed by atoms with Gasteiger partial charge in [0.2, 0.25) is 0 Å². The van der Waals surface area contributed by atoms with Crippen molar-refractivity contribution < 1.29 is 9.90 Å². The van der Waals surface area contributed by atoms with Gasteiger partial charge in [-0.2, -0.15) is 0 Å². The monoisotopic (exact) mass is 322 g/mol. The average Bonchev–Trinajstić information content (AvgIpc) is 2.81. The van der Waals surface area contributed by atoms with Crippen LogP contribution in [-0.2, 0) is 0 Å². The molecule has 3 N–H and O–H groups in total. The molecule has 1 atom stereocenters. The highest BCUT2D eigenvalue weighted by atomic mass is 16.3.